The summed E-state index contributed by atoms with van der Waals surface area (Å²) in [6.07, 6.45) is 0.140. The Balaban J connectivity index is 2.14. The molecule has 0 fully saturated rings. The van der Waals surface area contributed by atoms with Gasteiger partial charge in [-0.15, -0.1) is 10.2 Å². The van der Waals surface area contributed by atoms with Crippen LogP contribution in [-0.2, 0) is 13.5 Å². The van der Waals surface area contributed by atoms with Crippen LogP contribution >= 0.6 is 0 Å². The molecule has 2 rings (SSSR count). The van der Waals surface area contributed by atoms with Gasteiger partial charge < -0.3 is 4.74 Å². The predicted molar refractivity (Wildman–Crippen MR) is 59.8 cm³/mol. The van der Waals surface area contributed by atoms with Gasteiger partial charge in [-0.1, -0.05) is 12.1 Å². The molecule has 1 aromatic heterocycles. The number of aromatic nitrogens is 4. The van der Waals surface area contributed by atoms with Crippen molar-refractivity contribution in [3.63, 3.8) is 0 Å². The first-order valence-electron chi connectivity index (χ1n) is 5.09. The minimum Gasteiger partial charge on any atom is -0.497 e. The molecule has 0 radical (unpaired) electrons. The summed E-state index contributed by atoms with van der Waals surface area (Å²) in [5.41, 5.74) is 0.580. The summed E-state index contributed by atoms with van der Waals surface area (Å²) in [5.74, 6) is 1.01. The number of nitrogens with zero attached hydrogens (tertiary/aromatic N) is 4. The minimum absolute atomic E-state index is 0.0584. The SMILES string of the molecule is COc1cccc(C(=O)Cc2nnn(C)n2)c1. The number of benzene rings is 1. The van der Waals surface area contributed by atoms with Crippen LogP contribution in [0.2, 0.25) is 0 Å². The number of carbonyl (C=O) groups is 1. The Morgan fingerprint density at radius 1 is 1.47 bits per heavy atom. The Morgan fingerprint density at radius 3 is 2.94 bits per heavy atom. The van der Waals surface area contributed by atoms with Crippen LogP contribution in [0.5, 0.6) is 5.75 Å². The molecule has 0 bridgehead atoms. The van der Waals surface area contributed by atoms with Crippen molar-refractivity contribution >= 4 is 5.78 Å². The molecule has 0 atom stereocenters. The van der Waals surface area contributed by atoms with Gasteiger partial charge in [0.05, 0.1) is 20.6 Å². The first-order chi connectivity index (χ1) is 8.19. The second-order valence-corrected chi connectivity index (χ2v) is 3.53. The van der Waals surface area contributed by atoms with Crippen molar-refractivity contribution in [2.75, 3.05) is 7.11 Å². The molecule has 0 aliphatic heterocycles. The average molecular weight is 232 g/mol. The van der Waals surface area contributed by atoms with Gasteiger partial charge in [-0.3, -0.25) is 4.79 Å². The first-order valence-corrected chi connectivity index (χ1v) is 5.09. The summed E-state index contributed by atoms with van der Waals surface area (Å²) in [6, 6.07) is 6.99. The topological polar surface area (TPSA) is 69.9 Å². The fourth-order valence-electron chi connectivity index (χ4n) is 1.44. The lowest BCUT2D eigenvalue weighted by molar-refractivity contribution is 0.0990. The second kappa shape index (κ2) is 4.73. The van der Waals surface area contributed by atoms with E-state index in [1.165, 1.54) is 4.80 Å². The van der Waals surface area contributed by atoms with Crippen molar-refractivity contribution in [3.8, 4) is 5.75 Å². The van der Waals surface area contributed by atoms with Crippen LogP contribution in [0.25, 0.3) is 0 Å². The second-order valence-electron chi connectivity index (χ2n) is 3.53. The molecule has 88 valence electrons. The molecule has 0 aliphatic rings. The monoisotopic (exact) mass is 232 g/mol. The van der Waals surface area contributed by atoms with Crippen LogP contribution in [0.1, 0.15) is 16.2 Å². The number of carbonyl (C=O) groups excluding carboxylic acids is 1. The van der Waals surface area contributed by atoms with Crippen molar-refractivity contribution in [2.24, 2.45) is 7.05 Å². The summed E-state index contributed by atoms with van der Waals surface area (Å²) in [7, 11) is 3.22. The summed E-state index contributed by atoms with van der Waals surface area (Å²) in [5, 5.41) is 11.4. The van der Waals surface area contributed by atoms with E-state index in [2.05, 4.69) is 15.4 Å². The van der Waals surface area contributed by atoms with Gasteiger partial charge in [0.15, 0.2) is 11.6 Å². The van der Waals surface area contributed by atoms with E-state index in [4.69, 9.17) is 4.74 Å². The molecule has 17 heavy (non-hydrogen) atoms. The molecule has 1 aromatic carbocycles. The van der Waals surface area contributed by atoms with Crippen LogP contribution in [0, 0.1) is 0 Å². The Morgan fingerprint density at radius 2 is 2.29 bits per heavy atom. The number of tetrazole rings is 1. The maximum Gasteiger partial charge on any atom is 0.182 e. The summed E-state index contributed by atoms with van der Waals surface area (Å²) >= 11 is 0. The molecule has 6 heteroatoms. The first kappa shape index (κ1) is 11.3. The highest BCUT2D eigenvalue weighted by molar-refractivity contribution is 5.97. The molecule has 2 aromatic rings. The summed E-state index contributed by atoms with van der Waals surface area (Å²) < 4.78 is 5.06. The number of hydrogen-bond donors (Lipinski definition) is 0. The van der Waals surface area contributed by atoms with Crippen LogP contribution in [0.4, 0.5) is 0 Å². The molecule has 1 heterocycles. The molecule has 0 unspecified atom stereocenters. The third-order valence-corrected chi connectivity index (χ3v) is 2.26. The van der Waals surface area contributed by atoms with Crippen LogP contribution < -0.4 is 4.74 Å². The van der Waals surface area contributed by atoms with Gasteiger partial charge in [0, 0.05) is 5.56 Å². The van der Waals surface area contributed by atoms with Crippen molar-refractivity contribution in [1.29, 1.82) is 0 Å². The zero-order valence-corrected chi connectivity index (χ0v) is 9.62. The van der Waals surface area contributed by atoms with Crippen molar-refractivity contribution in [3.05, 3.63) is 35.7 Å². The fourth-order valence-corrected chi connectivity index (χ4v) is 1.44. The lowest BCUT2D eigenvalue weighted by Crippen LogP contribution is -2.05. The quantitative estimate of drug-likeness (QED) is 0.724. The van der Waals surface area contributed by atoms with Crippen molar-refractivity contribution in [1.82, 2.24) is 20.2 Å². The van der Waals surface area contributed by atoms with Gasteiger partial charge >= 0.3 is 0 Å². The van der Waals surface area contributed by atoms with Crippen molar-refractivity contribution in [2.45, 2.75) is 6.42 Å². The van der Waals surface area contributed by atoms with Gasteiger partial charge in [-0.25, -0.2) is 0 Å². The highest BCUT2D eigenvalue weighted by Gasteiger charge is 2.11. The Hall–Kier alpha value is -2.24. The molecular formula is C11H12N4O2. The highest BCUT2D eigenvalue weighted by atomic mass is 16.5. The molecule has 0 N–H and O–H groups in total. The zero-order valence-electron chi connectivity index (χ0n) is 9.62. The number of hydrogen-bond acceptors (Lipinski definition) is 5. The Bertz CT molecular complexity index is 536. The predicted octanol–water partition coefficient (Wildman–Crippen LogP) is 0.644. The number of ether oxygens (including phenoxy) is 1. The number of ketones is 1. The van der Waals surface area contributed by atoms with Crippen LogP contribution in [-0.4, -0.2) is 33.1 Å². The Kier molecular flexibility index (Phi) is 3.13. The smallest absolute Gasteiger partial charge is 0.182 e. The molecule has 0 spiro atoms. The molecule has 0 saturated carbocycles. The molecule has 0 aliphatic carbocycles. The number of Topliss-reactive ketones (excluding diaryl/α,β-unsaturated/α-hetero) is 1. The third-order valence-electron chi connectivity index (χ3n) is 2.26. The van der Waals surface area contributed by atoms with Gasteiger partial charge in [0.25, 0.3) is 0 Å². The maximum atomic E-state index is 11.9. The van der Waals surface area contributed by atoms with E-state index in [0.29, 0.717) is 17.1 Å². The molecular weight excluding hydrogens is 220 g/mol. The lowest BCUT2D eigenvalue weighted by Gasteiger charge is -2.02. The lowest BCUT2D eigenvalue weighted by atomic mass is 10.1. The van der Waals surface area contributed by atoms with E-state index in [1.54, 1.807) is 38.4 Å². The van der Waals surface area contributed by atoms with Gasteiger partial charge in [-0.05, 0) is 17.3 Å². The van der Waals surface area contributed by atoms with Gasteiger partial charge in [0.2, 0.25) is 0 Å². The van der Waals surface area contributed by atoms with Gasteiger partial charge in [-0.2, -0.15) is 4.80 Å². The normalized spacial score (nSPS) is 10.2. The number of rotatable bonds is 4. The van der Waals surface area contributed by atoms with Gasteiger partial charge in [0.1, 0.15) is 5.75 Å². The molecule has 6 nitrogen and oxygen atoms in total. The highest BCUT2D eigenvalue weighted by Crippen LogP contribution is 2.13. The fraction of sp³-hybridized carbons (Fsp3) is 0.273. The summed E-state index contributed by atoms with van der Waals surface area (Å²) in [6.45, 7) is 0. The maximum absolute atomic E-state index is 11.9. The van der Waals surface area contributed by atoms with E-state index >= 15 is 0 Å². The summed E-state index contributed by atoms with van der Waals surface area (Å²) in [4.78, 5) is 13.2. The van der Waals surface area contributed by atoms with E-state index in [1.807, 2.05) is 0 Å². The number of aryl methyl sites for hydroxylation is 1. The van der Waals surface area contributed by atoms with E-state index in [-0.39, 0.29) is 12.2 Å². The zero-order chi connectivity index (χ0) is 12.3. The third kappa shape index (κ3) is 2.66. The Labute approximate surface area is 98.2 Å². The van der Waals surface area contributed by atoms with E-state index in [0.717, 1.165) is 0 Å². The minimum atomic E-state index is -0.0584. The van der Waals surface area contributed by atoms with Crippen LogP contribution in [0.3, 0.4) is 0 Å². The van der Waals surface area contributed by atoms with E-state index < -0.39 is 0 Å². The molecule has 0 amide bonds. The number of methoxy groups -OCH3 is 1. The average Bonchev–Trinajstić information content (AvgIpc) is 2.75. The van der Waals surface area contributed by atoms with Crippen molar-refractivity contribution < 1.29 is 9.53 Å². The van der Waals surface area contributed by atoms with Crippen LogP contribution in [0.15, 0.2) is 24.3 Å². The largest absolute Gasteiger partial charge is 0.497 e. The standard InChI is InChI=1S/C11H12N4O2/c1-15-13-11(12-14-15)7-10(16)8-4-3-5-9(6-8)17-2/h3-6H,7H2,1-2H3. The van der Waals surface area contributed by atoms with E-state index in [9.17, 15) is 4.79 Å². The molecule has 0 saturated heterocycles.